The van der Waals surface area contributed by atoms with Crippen LogP contribution in [0, 0.1) is 0 Å². The van der Waals surface area contributed by atoms with Gasteiger partial charge in [0.15, 0.2) is 17.1 Å². The Morgan fingerprint density at radius 1 is 1.00 bits per heavy atom. The predicted molar refractivity (Wildman–Crippen MR) is 94.8 cm³/mol. The first-order valence-electron chi connectivity index (χ1n) is 8.04. The van der Waals surface area contributed by atoms with Gasteiger partial charge in [-0.3, -0.25) is 4.98 Å². The summed E-state index contributed by atoms with van der Waals surface area (Å²) in [5.41, 5.74) is 3.71. The van der Waals surface area contributed by atoms with Gasteiger partial charge in [-0.15, -0.1) is 0 Å². The lowest BCUT2D eigenvalue weighted by atomic mass is 10.1. The van der Waals surface area contributed by atoms with E-state index in [4.69, 9.17) is 4.74 Å². The molecule has 1 aromatic carbocycles. The molecule has 136 valence electrons. The molecule has 0 amide bonds. The highest BCUT2D eigenvalue weighted by Crippen LogP contribution is 2.33. The first kappa shape index (κ1) is 16.9. The minimum absolute atomic E-state index is 0.0296. The molecule has 0 aliphatic rings. The SMILES string of the molecule is COc1cc(-c2ccnc3cc(-c4cccnc4)nn23)ccc1OC(F)F. The van der Waals surface area contributed by atoms with Gasteiger partial charge >= 0.3 is 6.61 Å². The van der Waals surface area contributed by atoms with Crippen molar-refractivity contribution in [2.75, 3.05) is 7.11 Å². The Bertz CT molecular complexity index is 1080. The monoisotopic (exact) mass is 368 g/mol. The summed E-state index contributed by atoms with van der Waals surface area (Å²) in [6, 6.07) is 12.1. The van der Waals surface area contributed by atoms with Crippen molar-refractivity contribution in [2.45, 2.75) is 6.61 Å². The van der Waals surface area contributed by atoms with E-state index in [-0.39, 0.29) is 11.5 Å². The molecule has 0 radical (unpaired) electrons. The molecule has 0 unspecified atom stereocenters. The first-order chi connectivity index (χ1) is 13.2. The minimum Gasteiger partial charge on any atom is -0.493 e. The maximum atomic E-state index is 12.5. The van der Waals surface area contributed by atoms with Crippen LogP contribution in [0.15, 0.2) is 61.1 Å². The summed E-state index contributed by atoms with van der Waals surface area (Å²) in [5, 5.41) is 4.61. The Morgan fingerprint density at radius 2 is 1.89 bits per heavy atom. The molecule has 0 aliphatic heterocycles. The van der Waals surface area contributed by atoms with Gasteiger partial charge in [0.05, 0.1) is 18.5 Å². The molecule has 4 rings (SSSR count). The highest BCUT2D eigenvalue weighted by Gasteiger charge is 2.14. The predicted octanol–water partition coefficient (Wildman–Crippen LogP) is 4.07. The standard InChI is InChI=1S/C19H14F2N4O2/c1-26-17-9-12(4-5-16(17)27-19(20)21)15-6-8-23-18-10-14(24-25(15)18)13-3-2-7-22-11-13/h2-11,19H,1H3. The third kappa shape index (κ3) is 3.29. The third-order valence-electron chi connectivity index (χ3n) is 3.99. The van der Waals surface area contributed by atoms with Crippen LogP contribution in [0.3, 0.4) is 0 Å². The molecule has 0 fully saturated rings. The summed E-state index contributed by atoms with van der Waals surface area (Å²) < 4.78 is 36.4. The van der Waals surface area contributed by atoms with Crippen LogP contribution in [0.2, 0.25) is 0 Å². The van der Waals surface area contributed by atoms with Gasteiger partial charge in [-0.2, -0.15) is 13.9 Å². The molecule has 4 aromatic rings. The van der Waals surface area contributed by atoms with Crippen LogP contribution in [0.25, 0.3) is 28.2 Å². The Balaban J connectivity index is 1.81. The van der Waals surface area contributed by atoms with E-state index in [2.05, 4.69) is 19.8 Å². The van der Waals surface area contributed by atoms with E-state index < -0.39 is 6.61 Å². The number of hydrogen-bond acceptors (Lipinski definition) is 5. The Labute approximate surface area is 153 Å². The fourth-order valence-electron chi connectivity index (χ4n) is 2.79. The van der Waals surface area contributed by atoms with Gasteiger partial charge in [-0.25, -0.2) is 9.50 Å². The zero-order valence-electron chi connectivity index (χ0n) is 14.2. The smallest absolute Gasteiger partial charge is 0.387 e. The van der Waals surface area contributed by atoms with E-state index in [1.165, 1.54) is 13.2 Å². The van der Waals surface area contributed by atoms with Crippen LogP contribution in [0.5, 0.6) is 11.5 Å². The first-order valence-corrected chi connectivity index (χ1v) is 8.04. The summed E-state index contributed by atoms with van der Waals surface area (Å²) >= 11 is 0. The van der Waals surface area contributed by atoms with Crippen LogP contribution in [0.1, 0.15) is 0 Å². The van der Waals surface area contributed by atoms with Crippen molar-refractivity contribution in [3.8, 4) is 34.0 Å². The van der Waals surface area contributed by atoms with Gasteiger partial charge in [0.25, 0.3) is 0 Å². The molecule has 6 nitrogen and oxygen atoms in total. The molecule has 3 heterocycles. The number of benzene rings is 1. The van der Waals surface area contributed by atoms with Crippen molar-refractivity contribution in [3.05, 3.63) is 61.1 Å². The molecular weight excluding hydrogens is 354 g/mol. The van der Waals surface area contributed by atoms with E-state index in [1.807, 2.05) is 18.2 Å². The maximum absolute atomic E-state index is 12.5. The van der Waals surface area contributed by atoms with E-state index in [9.17, 15) is 8.78 Å². The third-order valence-corrected chi connectivity index (χ3v) is 3.99. The van der Waals surface area contributed by atoms with Crippen LogP contribution >= 0.6 is 0 Å². The van der Waals surface area contributed by atoms with Gasteiger partial charge in [-0.05, 0) is 36.4 Å². The van der Waals surface area contributed by atoms with E-state index in [0.29, 0.717) is 5.65 Å². The molecule has 0 saturated heterocycles. The molecule has 0 saturated carbocycles. The zero-order valence-corrected chi connectivity index (χ0v) is 14.2. The lowest BCUT2D eigenvalue weighted by Crippen LogP contribution is -2.04. The van der Waals surface area contributed by atoms with E-state index >= 15 is 0 Å². The second kappa shape index (κ2) is 6.99. The molecule has 0 atom stereocenters. The number of alkyl halides is 2. The number of nitrogens with zero attached hydrogens (tertiary/aromatic N) is 4. The van der Waals surface area contributed by atoms with Crippen LogP contribution < -0.4 is 9.47 Å². The van der Waals surface area contributed by atoms with Crippen LogP contribution in [-0.2, 0) is 0 Å². The maximum Gasteiger partial charge on any atom is 0.387 e. The average Bonchev–Trinajstić information content (AvgIpc) is 3.13. The van der Waals surface area contributed by atoms with Crippen molar-refractivity contribution >= 4 is 5.65 Å². The van der Waals surface area contributed by atoms with Crippen LogP contribution in [-0.4, -0.2) is 33.3 Å². The van der Waals surface area contributed by atoms with Crippen LogP contribution in [0.4, 0.5) is 8.78 Å². The van der Waals surface area contributed by atoms with Crippen molar-refractivity contribution in [3.63, 3.8) is 0 Å². The van der Waals surface area contributed by atoms with E-state index in [0.717, 1.165) is 22.5 Å². The average molecular weight is 368 g/mol. The fourth-order valence-corrected chi connectivity index (χ4v) is 2.79. The molecular formula is C19H14F2N4O2. The number of hydrogen-bond donors (Lipinski definition) is 0. The summed E-state index contributed by atoms with van der Waals surface area (Å²) in [7, 11) is 1.40. The van der Waals surface area contributed by atoms with Gasteiger partial charge in [0, 0.05) is 35.8 Å². The number of methoxy groups -OCH3 is 1. The summed E-state index contributed by atoms with van der Waals surface area (Å²) in [6.45, 7) is -2.93. The topological polar surface area (TPSA) is 61.5 Å². The van der Waals surface area contributed by atoms with Gasteiger partial charge in [0.2, 0.25) is 0 Å². The molecule has 0 N–H and O–H groups in total. The normalized spacial score (nSPS) is 11.1. The molecule has 8 heteroatoms. The summed E-state index contributed by atoms with van der Waals surface area (Å²) in [5.74, 6) is 0.176. The number of halogens is 2. The minimum atomic E-state index is -2.93. The number of fused-ring (bicyclic) bond motifs is 1. The Kier molecular flexibility index (Phi) is 4.37. The molecule has 0 aliphatic carbocycles. The molecule has 0 spiro atoms. The van der Waals surface area contributed by atoms with Crippen molar-refractivity contribution in [1.82, 2.24) is 19.6 Å². The van der Waals surface area contributed by atoms with E-state index in [1.54, 1.807) is 41.3 Å². The van der Waals surface area contributed by atoms with Gasteiger partial charge in [0.1, 0.15) is 0 Å². The second-order valence-corrected chi connectivity index (χ2v) is 5.62. The molecule has 0 bridgehead atoms. The fraction of sp³-hybridized carbons (Fsp3) is 0.105. The van der Waals surface area contributed by atoms with Crippen molar-refractivity contribution < 1.29 is 18.3 Å². The van der Waals surface area contributed by atoms with Crippen molar-refractivity contribution in [1.29, 1.82) is 0 Å². The lowest BCUT2D eigenvalue weighted by molar-refractivity contribution is -0.0512. The largest absolute Gasteiger partial charge is 0.493 e. The molecule has 3 aromatic heterocycles. The summed E-state index contributed by atoms with van der Waals surface area (Å²) in [4.78, 5) is 8.44. The second-order valence-electron chi connectivity index (χ2n) is 5.62. The number of ether oxygens (including phenoxy) is 2. The van der Waals surface area contributed by atoms with Crippen molar-refractivity contribution in [2.24, 2.45) is 0 Å². The highest BCUT2D eigenvalue weighted by molar-refractivity contribution is 5.69. The summed E-state index contributed by atoms with van der Waals surface area (Å²) in [6.07, 6.45) is 5.08. The molecule has 27 heavy (non-hydrogen) atoms. The zero-order chi connectivity index (χ0) is 18.8. The highest BCUT2D eigenvalue weighted by atomic mass is 19.3. The quantitative estimate of drug-likeness (QED) is 0.531. The van der Waals surface area contributed by atoms with Gasteiger partial charge in [-0.1, -0.05) is 0 Å². The number of rotatable bonds is 5. The lowest BCUT2D eigenvalue weighted by Gasteiger charge is -2.12. The Hall–Kier alpha value is -3.55. The van der Waals surface area contributed by atoms with Gasteiger partial charge < -0.3 is 9.47 Å². The number of aromatic nitrogens is 4. The Morgan fingerprint density at radius 3 is 2.63 bits per heavy atom. The number of pyridine rings is 1.